The number of nitro benzene ring substituents is 1. The van der Waals surface area contributed by atoms with E-state index in [2.05, 4.69) is 0 Å². The van der Waals surface area contributed by atoms with Crippen molar-refractivity contribution >= 4 is 34.8 Å². The average molecular weight is 321 g/mol. The van der Waals surface area contributed by atoms with Crippen LogP contribution >= 0.6 is 23.2 Å². The fourth-order valence-electron chi connectivity index (χ4n) is 1.49. The molecule has 1 rings (SSSR count). The lowest BCUT2D eigenvalue weighted by Crippen LogP contribution is -2.30. The Morgan fingerprint density at radius 3 is 2.65 bits per heavy atom. The Bertz CT molecular complexity index is 522. The van der Waals surface area contributed by atoms with E-state index in [0.29, 0.717) is 19.8 Å². The molecular formula is C12H14Cl2N2O4. The molecule has 1 aromatic rings. The molecule has 8 heteroatoms. The molecule has 0 aliphatic rings. The number of nitrogens with zero attached hydrogens (tertiary/aromatic N) is 2. The molecule has 0 unspecified atom stereocenters. The number of carbonyl (C=O) groups excluding carboxylic acids is 1. The van der Waals surface area contributed by atoms with Crippen LogP contribution in [-0.2, 0) is 4.74 Å². The minimum atomic E-state index is -0.626. The van der Waals surface area contributed by atoms with Gasteiger partial charge in [0, 0.05) is 32.3 Å². The lowest BCUT2D eigenvalue weighted by Gasteiger charge is -2.17. The van der Waals surface area contributed by atoms with E-state index in [1.807, 2.05) is 6.92 Å². The van der Waals surface area contributed by atoms with E-state index in [0.717, 1.165) is 12.1 Å². The number of amides is 1. The quantitative estimate of drug-likeness (QED) is 0.459. The first-order chi connectivity index (χ1) is 9.38. The van der Waals surface area contributed by atoms with Gasteiger partial charge in [0.05, 0.1) is 27.1 Å². The average Bonchev–Trinajstić information content (AvgIpc) is 2.40. The van der Waals surface area contributed by atoms with Crippen LogP contribution in [0.2, 0.25) is 10.0 Å². The number of non-ortho nitro benzene ring substituents is 1. The summed E-state index contributed by atoms with van der Waals surface area (Å²) in [6.45, 7) is 3.12. The zero-order chi connectivity index (χ0) is 15.3. The Morgan fingerprint density at radius 2 is 2.10 bits per heavy atom. The fraction of sp³-hybridized carbons (Fsp3) is 0.417. The number of likely N-dealkylation sites (N-methyl/N-ethyl adjacent to an activating group) is 1. The highest BCUT2D eigenvalue weighted by Crippen LogP contribution is 2.31. The van der Waals surface area contributed by atoms with Crippen molar-refractivity contribution in [1.82, 2.24) is 4.90 Å². The van der Waals surface area contributed by atoms with Gasteiger partial charge in [-0.15, -0.1) is 0 Å². The van der Waals surface area contributed by atoms with Crippen LogP contribution < -0.4 is 0 Å². The van der Waals surface area contributed by atoms with Gasteiger partial charge in [-0.1, -0.05) is 23.2 Å². The first kappa shape index (κ1) is 16.7. The summed E-state index contributed by atoms with van der Waals surface area (Å²) >= 11 is 11.7. The highest BCUT2D eigenvalue weighted by Gasteiger charge is 2.21. The van der Waals surface area contributed by atoms with Crippen molar-refractivity contribution in [3.8, 4) is 0 Å². The molecule has 0 atom stereocenters. The molecule has 0 spiro atoms. The standard InChI is InChI=1S/C12H14Cl2N2O4/c1-3-20-5-4-15(2)12(17)9-6-8(16(18)19)7-10(13)11(9)14/h6-7H,3-5H2,1-2H3. The molecule has 0 aliphatic carbocycles. The monoisotopic (exact) mass is 320 g/mol. The molecule has 0 radical (unpaired) electrons. The Balaban J connectivity index is 2.99. The van der Waals surface area contributed by atoms with Crippen LogP contribution in [0.5, 0.6) is 0 Å². The predicted molar refractivity (Wildman–Crippen MR) is 76.6 cm³/mol. The Labute approximate surface area is 126 Å². The van der Waals surface area contributed by atoms with E-state index >= 15 is 0 Å². The molecule has 0 bridgehead atoms. The number of ether oxygens (including phenoxy) is 1. The van der Waals surface area contributed by atoms with Crippen LogP contribution in [-0.4, -0.2) is 42.5 Å². The van der Waals surface area contributed by atoms with Gasteiger partial charge in [-0.05, 0) is 6.92 Å². The fourth-order valence-corrected chi connectivity index (χ4v) is 1.89. The van der Waals surface area contributed by atoms with Gasteiger partial charge in [0.1, 0.15) is 0 Å². The number of benzene rings is 1. The van der Waals surface area contributed by atoms with Crippen LogP contribution in [0.3, 0.4) is 0 Å². The van der Waals surface area contributed by atoms with Crippen LogP contribution in [0.4, 0.5) is 5.69 Å². The summed E-state index contributed by atoms with van der Waals surface area (Å²) in [4.78, 5) is 23.7. The van der Waals surface area contributed by atoms with Gasteiger partial charge in [0.25, 0.3) is 11.6 Å². The molecular weight excluding hydrogens is 307 g/mol. The van der Waals surface area contributed by atoms with Gasteiger partial charge in [-0.3, -0.25) is 14.9 Å². The third-order valence-electron chi connectivity index (χ3n) is 2.58. The van der Waals surface area contributed by atoms with Crippen LogP contribution in [0.25, 0.3) is 0 Å². The van der Waals surface area contributed by atoms with Gasteiger partial charge in [0.15, 0.2) is 0 Å². The van der Waals surface area contributed by atoms with Crippen molar-refractivity contribution in [2.75, 3.05) is 26.8 Å². The van der Waals surface area contributed by atoms with Crippen LogP contribution in [0.15, 0.2) is 12.1 Å². The summed E-state index contributed by atoms with van der Waals surface area (Å²) in [6, 6.07) is 2.23. The molecule has 0 saturated heterocycles. The maximum atomic E-state index is 12.2. The van der Waals surface area contributed by atoms with E-state index in [1.54, 1.807) is 7.05 Å². The van der Waals surface area contributed by atoms with Crippen molar-refractivity contribution < 1.29 is 14.5 Å². The Hall–Kier alpha value is -1.37. The maximum absolute atomic E-state index is 12.2. The molecule has 1 amide bonds. The van der Waals surface area contributed by atoms with Crippen molar-refractivity contribution in [3.63, 3.8) is 0 Å². The Kier molecular flexibility index (Phi) is 6.19. The lowest BCUT2D eigenvalue weighted by molar-refractivity contribution is -0.384. The highest BCUT2D eigenvalue weighted by molar-refractivity contribution is 6.44. The normalized spacial score (nSPS) is 10.4. The van der Waals surface area contributed by atoms with Gasteiger partial charge in [0.2, 0.25) is 0 Å². The molecule has 20 heavy (non-hydrogen) atoms. The molecule has 6 nitrogen and oxygen atoms in total. The number of hydrogen-bond donors (Lipinski definition) is 0. The summed E-state index contributed by atoms with van der Waals surface area (Å²) in [7, 11) is 1.56. The van der Waals surface area contributed by atoms with Crippen LogP contribution in [0.1, 0.15) is 17.3 Å². The molecule has 0 heterocycles. The number of rotatable bonds is 6. The predicted octanol–water partition coefficient (Wildman–Crippen LogP) is 3.01. The number of hydrogen-bond acceptors (Lipinski definition) is 4. The molecule has 0 aliphatic heterocycles. The molecule has 110 valence electrons. The maximum Gasteiger partial charge on any atom is 0.271 e. The van der Waals surface area contributed by atoms with Crippen LogP contribution in [0, 0.1) is 10.1 Å². The number of halogens is 2. The SMILES string of the molecule is CCOCCN(C)C(=O)c1cc([N+](=O)[O-])cc(Cl)c1Cl. The minimum Gasteiger partial charge on any atom is -0.380 e. The molecule has 0 fully saturated rings. The topological polar surface area (TPSA) is 72.7 Å². The molecule has 0 saturated carbocycles. The molecule has 0 N–H and O–H groups in total. The van der Waals surface area contributed by atoms with E-state index in [1.165, 1.54) is 4.90 Å². The second-order valence-electron chi connectivity index (χ2n) is 3.97. The van der Waals surface area contributed by atoms with E-state index in [9.17, 15) is 14.9 Å². The van der Waals surface area contributed by atoms with E-state index in [4.69, 9.17) is 27.9 Å². The van der Waals surface area contributed by atoms with E-state index in [-0.39, 0.29) is 21.3 Å². The van der Waals surface area contributed by atoms with Gasteiger partial charge >= 0.3 is 0 Å². The Morgan fingerprint density at radius 1 is 1.45 bits per heavy atom. The van der Waals surface area contributed by atoms with Gasteiger partial charge in [-0.2, -0.15) is 0 Å². The zero-order valence-electron chi connectivity index (χ0n) is 11.1. The van der Waals surface area contributed by atoms with Gasteiger partial charge < -0.3 is 9.64 Å². The third kappa shape index (κ3) is 4.06. The van der Waals surface area contributed by atoms with Crippen molar-refractivity contribution in [1.29, 1.82) is 0 Å². The van der Waals surface area contributed by atoms with Crippen molar-refractivity contribution in [2.45, 2.75) is 6.92 Å². The van der Waals surface area contributed by atoms with Gasteiger partial charge in [-0.25, -0.2) is 0 Å². The summed E-state index contributed by atoms with van der Waals surface area (Å²) < 4.78 is 5.14. The zero-order valence-corrected chi connectivity index (χ0v) is 12.6. The second kappa shape index (κ2) is 7.42. The number of carbonyl (C=O) groups is 1. The van der Waals surface area contributed by atoms with Crippen molar-refractivity contribution in [2.24, 2.45) is 0 Å². The number of nitro groups is 1. The summed E-state index contributed by atoms with van der Waals surface area (Å²) in [5.74, 6) is -0.444. The summed E-state index contributed by atoms with van der Waals surface area (Å²) in [6.07, 6.45) is 0. The highest BCUT2D eigenvalue weighted by atomic mass is 35.5. The molecule has 0 aromatic heterocycles. The third-order valence-corrected chi connectivity index (χ3v) is 3.38. The summed E-state index contributed by atoms with van der Waals surface area (Å²) in [5.41, 5.74) is -0.272. The first-order valence-corrected chi connectivity index (χ1v) is 6.60. The largest absolute Gasteiger partial charge is 0.380 e. The first-order valence-electron chi connectivity index (χ1n) is 5.85. The smallest absolute Gasteiger partial charge is 0.271 e. The van der Waals surface area contributed by atoms with E-state index < -0.39 is 10.8 Å². The lowest BCUT2D eigenvalue weighted by atomic mass is 10.1. The van der Waals surface area contributed by atoms with Crippen molar-refractivity contribution in [3.05, 3.63) is 37.9 Å². The summed E-state index contributed by atoms with van der Waals surface area (Å²) in [5, 5.41) is 10.8. The molecule has 1 aromatic carbocycles. The second-order valence-corrected chi connectivity index (χ2v) is 4.76. The minimum absolute atomic E-state index is 0.00450.